The number of nitrogens with one attached hydrogen (secondary N) is 3. The normalized spacial score (nSPS) is 13.5. The average molecular weight is 620 g/mol. The second-order valence-corrected chi connectivity index (χ2v) is 11.5. The predicted molar refractivity (Wildman–Crippen MR) is 175 cm³/mol. The first kappa shape index (κ1) is 29.5. The monoisotopic (exact) mass is 619 g/mol. The van der Waals surface area contributed by atoms with Gasteiger partial charge in [-0.05, 0) is 68.2 Å². The Bertz CT molecular complexity index is 2020. The molecule has 1 aliphatic heterocycles. The van der Waals surface area contributed by atoms with Gasteiger partial charge in [0.25, 0.3) is 0 Å². The molecule has 0 radical (unpaired) electrons. The topological polar surface area (TPSA) is 138 Å². The van der Waals surface area contributed by atoms with E-state index in [0.29, 0.717) is 58.4 Å². The second kappa shape index (κ2) is 13.0. The Hall–Kier alpha value is -5.23. The van der Waals surface area contributed by atoms with Crippen molar-refractivity contribution in [1.82, 2.24) is 40.0 Å². The fraction of sp³-hybridized carbons (Fsp3) is 0.294. The molecule has 1 saturated heterocycles. The molecule has 12 heteroatoms. The van der Waals surface area contributed by atoms with Gasteiger partial charge >= 0.3 is 0 Å². The van der Waals surface area contributed by atoms with Gasteiger partial charge in [0.05, 0.1) is 34.8 Å². The van der Waals surface area contributed by atoms with Crippen molar-refractivity contribution in [3.8, 4) is 39.7 Å². The number of carbonyl (C=O) groups excluding carboxylic acids is 1. The number of aromatic nitrogens is 7. The highest BCUT2D eigenvalue weighted by atomic mass is 19.1. The molecule has 7 rings (SSSR count). The number of pyridine rings is 3. The van der Waals surface area contributed by atoms with Gasteiger partial charge in [-0.2, -0.15) is 5.10 Å². The molecule has 1 fully saturated rings. The van der Waals surface area contributed by atoms with Gasteiger partial charge in [0.2, 0.25) is 5.91 Å². The zero-order chi connectivity index (χ0) is 31.5. The van der Waals surface area contributed by atoms with E-state index in [2.05, 4.69) is 47.3 Å². The first-order valence-corrected chi connectivity index (χ1v) is 15.6. The van der Waals surface area contributed by atoms with Crippen LogP contribution in [-0.2, 0) is 4.79 Å². The van der Waals surface area contributed by atoms with Crippen molar-refractivity contribution < 1.29 is 13.9 Å². The average Bonchev–Trinajstić information content (AvgIpc) is 3.83. The predicted octanol–water partition coefficient (Wildman–Crippen LogP) is 6.37. The molecule has 6 aromatic rings. The first-order valence-electron chi connectivity index (χ1n) is 15.6. The zero-order valence-electron chi connectivity index (χ0n) is 25.5. The third kappa shape index (κ3) is 6.29. The molecule has 1 amide bonds. The number of ether oxygens (including phenoxy) is 1. The van der Waals surface area contributed by atoms with Crippen LogP contribution in [0.3, 0.4) is 0 Å². The maximum absolute atomic E-state index is 14.8. The maximum Gasteiger partial charge on any atom is 0.224 e. The molecule has 0 aliphatic carbocycles. The number of hydrogen-bond acceptors (Lipinski definition) is 8. The minimum Gasteiger partial charge on any atom is -0.492 e. The van der Waals surface area contributed by atoms with Gasteiger partial charge in [-0.3, -0.25) is 24.8 Å². The Balaban J connectivity index is 1.17. The number of H-pyrrole nitrogens is 2. The number of amides is 1. The number of anilines is 1. The van der Waals surface area contributed by atoms with Crippen LogP contribution in [0.15, 0.2) is 61.2 Å². The number of likely N-dealkylation sites (tertiary alicyclic amines) is 1. The lowest BCUT2D eigenvalue weighted by Crippen LogP contribution is -2.25. The summed E-state index contributed by atoms with van der Waals surface area (Å²) < 4.78 is 20.7. The van der Waals surface area contributed by atoms with E-state index in [-0.39, 0.29) is 11.7 Å². The summed E-state index contributed by atoms with van der Waals surface area (Å²) in [4.78, 5) is 36.1. The van der Waals surface area contributed by atoms with Crippen LogP contribution in [0.4, 0.5) is 10.1 Å². The summed E-state index contributed by atoms with van der Waals surface area (Å²) >= 11 is 0. The van der Waals surface area contributed by atoms with E-state index >= 15 is 0 Å². The number of imidazole rings is 1. The van der Waals surface area contributed by atoms with Crippen molar-refractivity contribution in [1.29, 1.82) is 0 Å². The summed E-state index contributed by atoms with van der Waals surface area (Å²) in [5.74, 6) is 0.567. The lowest BCUT2D eigenvalue weighted by Gasteiger charge is -2.15. The number of benzene rings is 1. The molecule has 0 saturated carbocycles. The summed E-state index contributed by atoms with van der Waals surface area (Å²) in [5, 5.41) is 11.3. The summed E-state index contributed by atoms with van der Waals surface area (Å²) in [7, 11) is 0. The van der Waals surface area contributed by atoms with E-state index in [0.717, 1.165) is 54.5 Å². The number of rotatable bonds is 11. The molecule has 0 atom stereocenters. The molecule has 5 aromatic heterocycles. The van der Waals surface area contributed by atoms with Crippen molar-refractivity contribution in [3.05, 3.63) is 67.0 Å². The highest BCUT2D eigenvalue weighted by molar-refractivity contribution is 5.97. The summed E-state index contributed by atoms with van der Waals surface area (Å²) in [6.45, 7) is 5.54. The molecule has 1 aromatic carbocycles. The highest BCUT2D eigenvalue weighted by Crippen LogP contribution is 2.33. The van der Waals surface area contributed by atoms with Crippen LogP contribution in [0.25, 0.3) is 56.0 Å². The minimum atomic E-state index is -0.379. The van der Waals surface area contributed by atoms with Crippen LogP contribution < -0.4 is 10.1 Å². The van der Waals surface area contributed by atoms with E-state index < -0.39 is 0 Å². The molecule has 46 heavy (non-hydrogen) atoms. The number of carbonyl (C=O) groups is 1. The molecule has 0 unspecified atom stereocenters. The molecule has 0 bridgehead atoms. The van der Waals surface area contributed by atoms with Crippen LogP contribution >= 0.6 is 0 Å². The van der Waals surface area contributed by atoms with Crippen molar-refractivity contribution in [3.63, 3.8) is 0 Å². The van der Waals surface area contributed by atoms with Crippen molar-refractivity contribution in [2.24, 2.45) is 0 Å². The fourth-order valence-corrected chi connectivity index (χ4v) is 5.83. The number of fused-ring (bicyclic) bond motifs is 2. The molecule has 1 aliphatic rings. The Kier molecular flexibility index (Phi) is 8.34. The fourth-order valence-electron chi connectivity index (χ4n) is 5.83. The van der Waals surface area contributed by atoms with Gasteiger partial charge in [-0.1, -0.05) is 13.3 Å². The van der Waals surface area contributed by atoms with Crippen molar-refractivity contribution in [2.75, 3.05) is 31.6 Å². The van der Waals surface area contributed by atoms with Crippen molar-refractivity contribution in [2.45, 2.75) is 39.0 Å². The quantitative estimate of drug-likeness (QED) is 0.152. The van der Waals surface area contributed by atoms with Crippen LogP contribution in [0.1, 0.15) is 39.0 Å². The Morgan fingerprint density at radius 1 is 1.07 bits per heavy atom. The second-order valence-electron chi connectivity index (χ2n) is 11.5. The van der Waals surface area contributed by atoms with E-state index in [1.54, 1.807) is 24.8 Å². The van der Waals surface area contributed by atoms with Gasteiger partial charge in [-0.15, -0.1) is 0 Å². The van der Waals surface area contributed by atoms with E-state index in [1.807, 2.05) is 24.3 Å². The Morgan fingerprint density at radius 3 is 2.83 bits per heavy atom. The maximum atomic E-state index is 14.8. The third-order valence-corrected chi connectivity index (χ3v) is 8.20. The van der Waals surface area contributed by atoms with Crippen LogP contribution in [0, 0.1) is 5.82 Å². The van der Waals surface area contributed by atoms with Gasteiger partial charge in [0.15, 0.2) is 11.5 Å². The molecular weight excluding hydrogens is 585 g/mol. The molecule has 6 heterocycles. The molecular formula is C34H34FN9O2. The SMILES string of the molecule is CCCCC(=O)Nc1cncc(-c2cc3c(-c4nc5nccc(-c6cc(F)cc(OCCN7CCCC7)c6)c5[nH]4)n[nH]c3cn2)c1. The number of hydrogen-bond donors (Lipinski definition) is 3. The number of aromatic amines is 2. The first-order chi connectivity index (χ1) is 22.5. The van der Waals surface area contributed by atoms with E-state index in [4.69, 9.17) is 9.72 Å². The number of halogens is 1. The van der Waals surface area contributed by atoms with Crippen molar-refractivity contribution >= 4 is 33.7 Å². The number of unbranched alkanes of at least 4 members (excludes halogenated alkanes) is 1. The van der Waals surface area contributed by atoms with Gasteiger partial charge < -0.3 is 15.0 Å². The van der Waals surface area contributed by atoms with Crippen LogP contribution in [0.2, 0.25) is 0 Å². The van der Waals surface area contributed by atoms with Crippen LogP contribution in [-0.4, -0.2) is 72.2 Å². The standard InChI is InChI=1S/C34H34FN9O2/c1-2-3-6-30(45)39-24-14-22(18-36-19-24)28-17-27-29(20-38-28)42-43-32(27)34-40-31-26(7-8-37-33(31)41-34)21-13-23(35)16-25(15-21)46-12-11-44-9-4-5-10-44/h7-8,13-20H,2-6,9-12H2,1H3,(H,39,45)(H,42,43)(H,37,40,41). The zero-order valence-corrected chi connectivity index (χ0v) is 25.5. The summed E-state index contributed by atoms with van der Waals surface area (Å²) in [6, 6.07) is 10.3. The molecule has 11 nitrogen and oxygen atoms in total. The Morgan fingerprint density at radius 2 is 1.96 bits per heavy atom. The van der Waals surface area contributed by atoms with Gasteiger partial charge in [-0.25, -0.2) is 14.4 Å². The van der Waals surface area contributed by atoms with Gasteiger partial charge in [0, 0.05) is 47.9 Å². The lowest BCUT2D eigenvalue weighted by molar-refractivity contribution is -0.116. The largest absolute Gasteiger partial charge is 0.492 e. The molecule has 3 N–H and O–H groups in total. The number of nitrogens with zero attached hydrogens (tertiary/aromatic N) is 6. The smallest absolute Gasteiger partial charge is 0.224 e. The third-order valence-electron chi connectivity index (χ3n) is 8.20. The highest BCUT2D eigenvalue weighted by Gasteiger charge is 2.18. The summed E-state index contributed by atoms with van der Waals surface area (Å²) in [5.41, 5.74) is 5.89. The summed E-state index contributed by atoms with van der Waals surface area (Å²) in [6.07, 6.45) is 11.4. The van der Waals surface area contributed by atoms with E-state index in [9.17, 15) is 9.18 Å². The molecule has 0 spiro atoms. The molecule has 234 valence electrons. The van der Waals surface area contributed by atoms with Crippen LogP contribution in [0.5, 0.6) is 5.75 Å². The van der Waals surface area contributed by atoms with E-state index in [1.165, 1.54) is 25.0 Å². The minimum absolute atomic E-state index is 0.0429. The van der Waals surface area contributed by atoms with Gasteiger partial charge in [0.1, 0.15) is 23.9 Å². The lowest BCUT2D eigenvalue weighted by atomic mass is 10.1. The Labute approximate surface area is 264 Å².